The fourth-order valence-corrected chi connectivity index (χ4v) is 1.71. The van der Waals surface area contributed by atoms with E-state index in [0.29, 0.717) is 4.99 Å². The van der Waals surface area contributed by atoms with Crippen LogP contribution in [0, 0.1) is 6.92 Å². The first-order valence-corrected chi connectivity index (χ1v) is 5.70. The van der Waals surface area contributed by atoms with E-state index in [0.717, 1.165) is 36.4 Å². The number of benzene rings is 1. The van der Waals surface area contributed by atoms with Crippen LogP contribution in [-0.2, 0) is 4.74 Å². The van der Waals surface area contributed by atoms with Gasteiger partial charge in [-0.25, -0.2) is 0 Å². The van der Waals surface area contributed by atoms with Gasteiger partial charge in [0.25, 0.3) is 0 Å². The third-order valence-corrected chi connectivity index (χ3v) is 2.59. The molecule has 0 aliphatic rings. The average molecular weight is 238 g/mol. The van der Waals surface area contributed by atoms with E-state index < -0.39 is 0 Å². The van der Waals surface area contributed by atoms with Gasteiger partial charge in [-0.05, 0) is 25.0 Å². The molecule has 0 heterocycles. The Labute approximate surface area is 102 Å². The van der Waals surface area contributed by atoms with Crippen LogP contribution in [0.5, 0.6) is 0 Å². The molecule has 0 bridgehead atoms. The van der Waals surface area contributed by atoms with Gasteiger partial charge in [0, 0.05) is 31.5 Å². The van der Waals surface area contributed by atoms with Crippen LogP contribution in [0.4, 0.5) is 5.69 Å². The summed E-state index contributed by atoms with van der Waals surface area (Å²) in [6.45, 7) is 3.65. The Kier molecular flexibility index (Phi) is 5.22. The van der Waals surface area contributed by atoms with Crippen molar-refractivity contribution in [2.24, 2.45) is 5.73 Å². The molecule has 0 spiro atoms. The third-order valence-electron chi connectivity index (χ3n) is 2.37. The van der Waals surface area contributed by atoms with Gasteiger partial charge in [0.05, 0.1) is 0 Å². The highest BCUT2D eigenvalue weighted by Crippen LogP contribution is 2.20. The molecule has 0 radical (unpaired) electrons. The van der Waals surface area contributed by atoms with Crippen LogP contribution in [0.25, 0.3) is 0 Å². The summed E-state index contributed by atoms with van der Waals surface area (Å²) >= 11 is 5.02. The van der Waals surface area contributed by atoms with E-state index in [1.807, 2.05) is 25.1 Å². The van der Waals surface area contributed by atoms with Crippen molar-refractivity contribution in [1.29, 1.82) is 0 Å². The standard InChI is InChI=1S/C12H18N2OS/c1-9-5-3-6-10(12(13)16)11(9)14-7-4-8-15-2/h3,5-6,14H,4,7-8H2,1-2H3,(H2,13,16). The maximum atomic E-state index is 5.68. The lowest BCUT2D eigenvalue weighted by Crippen LogP contribution is -2.15. The molecule has 88 valence electrons. The minimum absolute atomic E-state index is 0.429. The average Bonchev–Trinajstić information content (AvgIpc) is 2.25. The predicted octanol–water partition coefficient (Wildman–Crippen LogP) is 2.08. The Hall–Kier alpha value is -1.13. The number of thiocarbonyl (C=S) groups is 1. The first-order valence-electron chi connectivity index (χ1n) is 5.29. The van der Waals surface area contributed by atoms with Gasteiger partial charge in [0.2, 0.25) is 0 Å². The zero-order chi connectivity index (χ0) is 12.0. The lowest BCUT2D eigenvalue weighted by Gasteiger charge is -2.13. The Morgan fingerprint density at radius 2 is 2.25 bits per heavy atom. The molecule has 3 N–H and O–H groups in total. The molecule has 1 rings (SSSR count). The summed E-state index contributed by atoms with van der Waals surface area (Å²) in [5.74, 6) is 0. The van der Waals surface area contributed by atoms with Gasteiger partial charge in [-0.3, -0.25) is 0 Å². The SMILES string of the molecule is COCCCNc1c(C)cccc1C(N)=S. The first-order chi connectivity index (χ1) is 7.66. The number of nitrogens with two attached hydrogens (primary N) is 1. The molecule has 0 aliphatic carbocycles. The highest BCUT2D eigenvalue weighted by molar-refractivity contribution is 7.80. The molecule has 0 atom stereocenters. The van der Waals surface area contributed by atoms with Gasteiger partial charge < -0.3 is 15.8 Å². The highest BCUT2D eigenvalue weighted by atomic mass is 32.1. The number of nitrogens with one attached hydrogen (secondary N) is 1. The first kappa shape index (κ1) is 12.9. The van der Waals surface area contributed by atoms with Gasteiger partial charge in [0.1, 0.15) is 4.99 Å². The molecule has 0 aromatic heterocycles. The number of hydrogen-bond acceptors (Lipinski definition) is 3. The topological polar surface area (TPSA) is 47.3 Å². The Balaban J connectivity index is 2.73. The van der Waals surface area contributed by atoms with E-state index in [1.54, 1.807) is 7.11 Å². The molecule has 1 aromatic carbocycles. The van der Waals surface area contributed by atoms with Crippen molar-refractivity contribution in [3.63, 3.8) is 0 Å². The van der Waals surface area contributed by atoms with E-state index >= 15 is 0 Å². The Bertz CT molecular complexity index is 366. The van der Waals surface area contributed by atoms with Crippen LogP contribution in [0.15, 0.2) is 18.2 Å². The van der Waals surface area contributed by atoms with Crippen molar-refractivity contribution in [2.75, 3.05) is 25.6 Å². The zero-order valence-electron chi connectivity index (χ0n) is 9.75. The molecule has 0 fully saturated rings. The second-order valence-corrected chi connectivity index (χ2v) is 4.07. The number of hydrogen-bond donors (Lipinski definition) is 2. The molecular formula is C12H18N2OS. The maximum Gasteiger partial charge on any atom is 0.106 e. The number of anilines is 1. The summed E-state index contributed by atoms with van der Waals surface area (Å²) in [6.07, 6.45) is 0.960. The van der Waals surface area contributed by atoms with Crippen molar-refractivity contribution < 1.29 is 4.74 Å². The molecule has 0 unspecified atom stereocenters. The molecule has 0 saturated heterocycles. The molecule has 3 nitrogen and oxygen atoms in total. The molecule has 1 aromatic rings. The number of aryl methyl sites for hydroxylation is 1. The summed E-state index contributed by atoms with van der Waals surface area (Å²) in [4.78, 5) is 0.429. The van der Waals surface area contributed by atoms with Gasteiger partial charge in [-0.15, -0.1) is 0 Å². The minimum atomic E-state index is 0.429. The molecule has 4 heteroatoms. The van der Waals surface area contributed by atoms with E-state index in [2.05, 4.69) is 5.32 Å². The zero-order valence-corrected chi connectivity index (χ0v) is 10.6. The summed E-state index contributed by atoms with van der Waals surface area (Å²) < 4.78 is 5.00. The van der Waals surface area contributed by atoms with Gasteiger partial charge in [-0.2, -0.15) is 0 Å². The summed E-state index contributed by atoms with van der Waals surface area (Å²) in [5.41, 5.74) is 8.78. The lowest BCUT2D eigenvalue weighted by molar-refractivity contribution is 0.198. The van der Waals surface area contributed by atoms with Crippen LogP contribution in [-0.4, -0.2) is 25.2 Å². The summed E-state index contributed by atoms with van der Waals surface area (Å²) in [5, 5.41) is 3.35. The Morgan fingerprint density at radius 1 is 1.50 bits per heavy atom. The van der Waals surface area contributed by atoms with Gasteiger partial charge >= 0.3 is 0 Å². The Morgan fingerprint density at radius 3 is 2.88 bits per heavy atom. The number of ether oxygens (including phenoxy) is 1. The minimum Gasteiger partial charge on any atom is -0.389 e. The quantitative estimate of drug-likeness (QED) is 0.588. The van der Waals surface area contributed by atoms with Crippen molar-refractivity contribution in [3.8, 4) is 0 Å². The smallest absolute Gasteiger partial charge is 0.106 e. The van der Waals surface area contributed by atoms with Gasteiger partial charge in [0.15, 0.2) is 0 Å². The van der Waals surface area contributed by atoms with Crippen LogP contribution in [0.1, 0.15) is 17.5 Å². The van der Waals surface area contributed by atoms with Crippen LogP contribution < -0.4 is 11.1 Å². The van der Waals surface area contributed by atoms with Crippen LogP contribution >= 0.6 is 12.2 Å². The molecule has 0 saturated carbocycles. The fourth-order valence-electron chi connectivity index (χ4n) is 1.54. The van der Waals surface area contributed by atoms with E-state index in [9.17, 15) is 0 Å². The summed E-state index contributed by atoms with van der Waals surface area (Å²) in [7, 11) is 1.70. The number of para-hydroxylation sites is 1. The summed E-state index contributed by atoms with van der Waals surface area (Å²) in [6, 6.07) is 5.94. The fraction of sp³-hybridized carbons (Fsp3) is 0.417. The number of rotatable bonds is 6. The molecular weight excluding hydrogens is 220 g/mol. The highest BCUT2D eigenvalue weighted by Gasteiger charge is 2.06. The second-order valence-electron chi connectivity index (χ2n) is 3.63. The molecule has 0 aliphatic heterocycles. The largest absolute Gasteiger partial charge is 0.389 e. The third kappa shape index (κ3) is 3.47. The monoisotopic (exact) mass is 238 g/mol. The van der Waals surface area contributed by atoms with Crippen LogP contribution in [0.3, 0.4) is 0 Å². The normalized spacial score (nSPS) is 10.1. The molecule has 0 amide bonds. The van der Waals surface area contributed by atoms with E-state index in [-0.39, 0.29) is 0 Å². The van der Waals surface area contributed by atoms with Crippen molar-refractivity contribution in [2.45, 2.75) is 13.3 Å². The van der Waals surface area contributed by atoms with Gasteiger partial charge in [-0.1, -0.05) is 24.4 Å². The van der Waals surface area contributed by atoms with E-state index in [1.165, 1.54) is 0 Å². The van der Waals surface area contributed by atoms with E-state index in [4.69, 9.17) is 22.7 Å². The lowest BCUT2D eigenvalue weighted by atomic mass is 10.1. The second kappa shape index (κ2) is 6.45. The maximum absolute atomic E-state index is 5.68. The predicted molar refractivity (Wildman–Crippen MR) is 72.0 cm³/mol. The van der Waals surface area contributed by atoms with Crippen LogP contribution in [0.2, 0.25) is 0 Å². The van der Waals surface area contributed by atoms with Crippen molar-refractivity contribution >= 4 is 22.9 Å². The number of methoxy groups -OCH3 is 1. The molecule has 16 heavy (non-hydrogen) atoms. The van der Waals surface area contributed by atoms with Crippen molar-refractivity contribution in [3.05, 3.63) is 29.3 Å². The van der Waals surface area contributed by atoms with Crippen molar-refractivity contribution in [1.82, 2.24) is 0 Å².